The molecule has 13 heavy (non-hydrogen) atoms. The van der Waals surface area contributed by atoms with E-state index in [0.717, 1.165) is 26.2 Å². The van der Waals surface area contributed by atoms with Gasteiger partial charge < -0.3 is 10.6 Å². The van der Waals surface area contributed by atoms with Crippen LogP contribution in [0, 0.1) is 0 Å². The number of hydrogen-bond acceptors (Lipinski definition) is 3. The van der Waals surface area contributed by atoms with Crippen LogP contribution in [0.5, 0.6) is 0 Å². The molecule has 0 spiro atoms. The molecule has 4 nitrogen and oxygen atoms in total. The number of carbonyl (C=O) groups is 1. The van der Waals surface area contributed by atoms with Gasteiger partial charge in [-0.1, -0.05) is 6.58 Å². The lowest BCUT2D eigenvalue weighted by Crippen LogP contribution is -2.53. The van der Waals surface area contributed by atoms with Crippen LogP contribution >= 0.6 is 0 Å². The minimum absolute atomic E-state index is 0.104. The largest absolute Gasteiger partial charge is 0.337 e. The van der Waals surface area contributed by atoms with Crippen molar-refractivity contribution in [2.24, 2.45) is 0 Å². The molecule has 0 aromatic carbocycles. The van der Waals surface area contributed by atoms with Gasteiger partial charge in [-0.25, -0.2) is 0 Å². The maximum absolute atomic E-state index is 11.0. The molecule has 1 atom stereocenters. The Morgan fingerprint density at radius 1 is 1.62 bits per heavy atom. The third kappa shape index (κ3) is 3.16. The number of rotatable bonds is 3. The van der Waals surface area contributed by atoms with Gasteiger partial charge in [0.05, 0.1) is 6.17 Å². The van der Waals surface area contributed by atoms with Crippen molar-refractivity contribution < 1.29 is 4.79 Å². The molecule has 1 aliphatic rings. The lowest BCUT2D eigenvalue weighted by Gasteiger charge is -2.32. The Hall–Kier alpha value is -0.870. The van der Waals surface area contributed by atoms with Crippen LogP contribution in [0.15, 0.2) is 12.7 Å². The predicted molar refractivity (Wildman–Crippen MR) is 52.2 cm³/mol. The molecule has 74 valence electrons. The zero-order valence-electron chi connectivity index (χ0n) is 8.05. The summed E-state index contributed by atoms with van der Waals surface area (Å²) < 4.78 is 0. The highest BCUT2D eigenvalue weighted by atomic mass is 16.1. The van der Waals surface area contributed by atoms with Crippen LogP contribution in [0.25, 0.3) is 0 Å². The number of carbonyl (C=O) groups excluding carboxylic acids is 1. The smallest absolute Gasteiger partial charge is 0.244 e. The third-order valence-electron chi connectivity index (χ3n) is 2.24. The van der Waals surface area contributed by atoms with Crippen LogP contribution < -0.4 is 10.6 Å². The molecule has 0 aliphatic carbocycles. The van der Waals surface area contributed by atoms with E-state index in [1.807, 2.05) is 6.92 Å². The monoisotopic (exact) mass is 183 g/mol. The first-order valence-corrected chi connectivity index (χ1v) is 4.61. The summed E-state index contributed by atoms with van der Waals surface area (Å²) in [6.45, 7) is 9.37. The van der Waals surface area contributed by atoms with Crippen LogP contribution in [0.3, 0.4) is 0 Å². The molecule has 0 aromatic heterocycles. The van der Waals surface area contributed by atoms with E-state index in [9.17, 15) is 4.79 Å². The van der Waals surface area contributed by atoms with Crippen molar-refractivity contribution >= 4 is 5.91 Å². The molecule has 1 fully saturated rings. The fourth-order valence-corrected chi connectivity index (χ4v) is 1.43. The molecule has 1 saturated heterocycles. The summed E-state index contributed by atoms with van der Waals surface area (Å²) in [5.74, 6) is -0.106. The molecular weight excluding hydrogens is 166 g/mol. The van der Waals surface area contributed by atoms with Gasteiger partial charge in [-0.05, 0) is 13.0 Å². The minimum Gasteiger partial charge on any atom is -0.337 e. The van der Waals surface area contributed by atoms with Crippen molar-refractivity contribution in [2.45, 2.75) is 13.1 Å². The summed E-state index contributed by atoms with van der Waals surface area (Å²) in [6, 6.07) is 0. The van der Waals surface area contributed by atoms with Gasteiger partial charge in [-0.2, -0.15) is 0 Å². The van der Waals surface area contributed by atoms with Gasteiger partial charge in [0.1, 0.15) is 0 Å². The zero-order chi connectivity index (χ0) is 9.68. The molecular formula is C9H17N3O. The van der Waals surface area contributed by atoms with Crippen molar-refractivity contribution in [1.82, 2.24) is 15.5 Å². The molecule has 1 unspecified atom stereocenters. The first-order valence-electron chi connectivity index (χ1n) is 4.61. The van der Waals surface area contributed by atoms with E-state index in [0.29, 0.717) is 0 Å². The van der Waals surface area contributed by atoms with E-state index >= 15 is 0 Å². The van der Waals surface area contributed by atoms with Crippen LogP contribution in [0.2, 0.25) is 0 Å². The molecule has 1 heterocycles. The van der Waals surface area contributed by atoms with E-state index in [2.05, 4.69) is 22.1 Å². The molecule has 2 N–H and O–H groups in total. The molecule has 0 saturated carbocycles. The first kappa shape index (κ1) is 10.2. The van der Waals surface area contributed by atoms with Crippen molar-refractivity contribution in [3.63, 3.8) is 0 Å². The van der Waals surface area contributed by atoms with Crippen LogP contribution in [0.4, 0.5) is 0 Å². The van der Waals surface area contributed by atoms with Crippen molar-refractivity contribution in [1.29, 1.82) is 0 Å². The van der Waals surface area contributed by atoms with Gasteiger partial charge in [0.2, 0.25) is 5.91 Å². The highest BCUT2D eigenvalue weighted by molar-refractivity contribution is 5.86. The van der Waals surface area contributed by atoms with Gasteiger partial charge in [0.15, 0.2) is 0 Å². The molecule has 1 amide bonds. The van der Waals surface area contributed by atoms with E-state index in [1.54, 1.807) is 0 Å². The maximum atomic E-state index is 11.0. The SMILES string of the molecule is C=CC(=O)NC(C)N1CCNCC1. The van der Waals surface area contributed by atoms with Gasteiger partial charge in [-0.15, -0.1) is 0 Å². The Kier molecular flexibility index (Phi) is 3.92. The summed E-state index contributed by atoms with van der Waals surface area (Å²) in [7, 11) is 0. The summed E-state index contributed by atoms with van der Waals surface area (Å²) in [6.07, 6.45) is 1.41. The van der Waals surface area contributed by atoms with Gasteiger partial charge in [0.25, 0.3) is 0 Å². The van der Waals surface area contributed by atoms with E-state index in [4.69, 9.17) is 0 Å². The minimum atomic E-state index is -0.106. The fraction of sp³-hybridized carbons (Fsp3) is 0.667. The third-order valence-corrected chi connectivity index (χ3v) is 2.24. The summed E-state index contributed by atoms with van der Waals surface area (Å²) >= 11 is 0. The molecule has 0 aromatic rings. The summed E-state index contributed by atoms with van der Waals surface area (Å²) in [5, 5.41) is 6.10. The zero-order valence-corrected chi connectivity index (χ0v) is 8.05. The lowest BCUT2D eigenvalue weighted by atomic mass is 10.3. The number of amides is 1. The van der Waals surface area contributed by atoms with E-state index < -0.39 is 0 Å². The number of hydrogen-bond donors (Lipinski definition) is 2. The van der Waals surface area contributed by atoms with Gasteiger partial charge >= 0.3 is 0 Å². The Bertz CT molecular complexity index is 187. The Balaban J connectivity index is 2.32. The fourth-order valence-electron chi connectivity index (χ4n) is 1.43. The Morgan fingerprint density at radius 3 is 2.77 bits per heavy atom. The second kappa shape index (κ2) is 4.99. The van der Waals surface area contributed by atoms with Crippen molar-refractivity contribution in [3.05, 3.63) is 12.7 Å². The quantitative estimate of drug-likeness (QED) is 0.582. The van der Waals surface area contributed by atoms with E-state index in [-0.39, 0.29) is 12.1 Å². The second-order valence-corrected chi connectivity index (χ2v) is 3.17. The topological polar surface area (TPSA) is 44.4 Å². The number of nitrogens with one attached hydrogen (secondary N) is 2. The van der Waals surface area contributed by atoms with Gasteiger partial charge in [-0.3, -0.25) is 9.69 Å². The highest BCUT2D eigenvalue weighted by Gasteiger charge is 2.16. The van der Waals surface area contributed by atoms with Crippen molar-refractivity contribution in [2.75, 3.05) is 26.2 Å². The second-order valence-electron chi connectivity index (χ2n) is 3.17. The Morgan fingerprint density at radius 2 is 2.23 bits per heavy atom. The van der Waals surface area contributed by atoms with Crippen molar-refractivity contribution in [3.8, 4) is 0 Å². The first-order chi connectivity index (χ1) is 6.24. The lowest BCUT2D eigenvalue weighted by molar-refractivity contribution is -0.118. The predicted octanol–water partition coefficient (Wildman–Crippen LogP) is -0.460. The maximum Gasteiger partial charge on any atom is 0.244 e. The molecule has 1 aliphatic heterocycles. The molecule has 0 bridgehead atoms. The molecule has 0 radical (unpaired) electrons. The van der Waals surface area contributed by atoms with Gasteiger partial charge in [0, 0.05) is 26.2 Å². The molecule has 4 heteroatoms. The molecule has 1 rings (SSSR count). The number of piperazine rings is 1. The average Bonchev–Trinajstić information content (AvgIpc) is 2.19. The van der Waals surface area contributed by atoms with E-state index in [1.165, 1.54) is 6.08 Å². The number of nitrogens with zero attached hydrogens (tertiary/aromatic N) is 1. The summed E-state index contributed by atoms with van der Waals surface area (Å²) in [4.78, 5) is 13.2. The van der Waals surface area contributed by atoms with Crippen LogP contribution in [-0.2, 0) is 4.79 Å². The van der Waals surface area contributed by atoms with Crippen LogP contribution in [0.1, 0.15) is 6.92 Å². The highest BCUT2D eigenvalue weighted by Crippen LogP contribution is 1.97. The average molecular weight is 183 g/mol. The normalized spacial score (nSPS) is 20.7. The van der Waals surface area contributed by atoms with Crippen LogP contribution in [-0.4, -0.2) is 43.2 Å². The standard InChI is InChI=1S/C9H17N3O/c1-3-9(13)11-8(2)12-6-4-10-5-7-12/h3,8,10H,1,4-7H2,2H3,(H,11,13). The Labute approximate surface area is 79.0 Å². The summed E-state index contributed by atoms with van der Waals surface area (Å²) in [5.41, 5.74) is 0.